The molecule has 1 fully saturated rings. The van der Waals surface area contributed by atoms with Gasteiger partial charge in [-0.1, -0.05) is 6.92 Å². The number of carbonyl (C=O) groups excluding carboxylic acids is 1. The molecule has 1 aromatic rings. The molecule has 1 N–H and O–H groups in total. The Morgan fingerprint density at radius 3 is 3.06 bits per heavy atom. The maximum Gasteiger partial charge on any atom is 0.341 e. The van der Waals surface area contributed by atoms with Crippen molar-refractivity contribution in [1.29, 1.82) is 0 Å². The number of hydrogen-bond acceptors (Lipinski definition) is 4. The minimum Gasteiger partial charge on any atom is -0.467 e. The summed E-state index contributed by atoms with van der Waals surface area (Å²) in [6.07, 6.45) is 2.75. The SMILES string of the molecule is COC(=O)c1coc(CNCC2CC2C)c1. The Hall–Kier alpha value is -1.29. The Kier molecular flexibility index (Phi) is 3.29. The van der Waals surface area contributed by atoms with Crippen molar-refractivity contribution in [1.82, 2.24) is 5.32 Å². The zero-order valence-corrected chi connectivity index (χ0v) is 9.66. The van der Waals surface area contributed by atoms with E-state index in [0.717, 1.165) is 24.1 Å². The van der Waals surface area contributed by atoms with Crippen LogP contribution in [0.15, 0.2) is 16.7 Å². The van der Waals surface area contributed by atoms with Crippen molar-refractivity contribution >= 4 is 5.97 Å². The van der Waals surface area contributed by atoms with Gasteiger partial charge in [0.2, 0.25) is 0 Å². The van der Waals surface area contributed by atoms with Gasteiger partial charge in [-0.05, 0) is 30.9 Å². The Bertz CT molecular complexity index is 372. The van der Waals surface area contributed by atoms with Crippen LogP contribution < -0.4 is 5.32 Å². The van der Waals surface area contributed by atoms with Gasteiger partial charge in [0, 0.05) is 0 Å². The van der Waals surface area contributed by atoms with Gasteiger partial charge in [0.1, 0.15) is 12.0 Å². The zero-order valence-electron chi connectivity index (χ0n) is 9.66. The summed E-state index contributed by atoms with van der Waals surface area (Å²) in [7, 11) is 1.36. The zero-order chi connectivity index (χ0) is 11.5. The highest BCUT2D eigenvalue weighted by molar-refractivity contribution is 5.88. The molecule has 2 atom stereocenters. The van der Waals surface area contributed by atoms with Gasteiger partial charge >= 0.3 is 5.97 Å². The van der Waals surface area contributed by atoms with E-state index in [1.165, 1.54) is 19.8 Å². The van der Waals surface area contributed by atoms with Crippen LogP contribution in [0.25, 0.3) is 0 Å². The summed E-state index contributed by atoms with van der Waals surface area (Å²) in [6, 6.07) is 1.72. The monoisotopic (exact) mass is 223 g/mol. The number of esters is 1. The highest BCUT2D eigenvalue weighted by Gasteiger charge is 2.31. The quantitative estimate of drug-likeness (QED) is 0.773. The lowest BCUT2D eigenvalue weighted by Crippen LogP contribution is -2.16. The first-order valence-corrected chi connectivity index (χ1v) is 5.57. The van der Waals surface area contributed by atoms with Crippen LogP contribution in [0.1, 0.15) is 29.5 Å². The van der Waals surface area contributed by atoms with Crippen molar-refractivity contribution in [2.24, 2.45) is 11.8 Å². The van der Waals surface area contributed by atoms with E-state index >= 15 is 0 Å². The highest BCUT2D eigenvalue weighted by atomic mass is 16.5. The molecule has 1 aliphatic rings. The summed E-state index contributed by atoms with van der Waals surface area (Å²) in [4.78, 5) is 11.2. The van der Waals surface area contributed by atoms with E-state index in [1.807, 2.05) is 0 Å². The first kappa shape index (κ1) is 11.2. The lowest BCUT2D eigenvalue weighted by Gasteiger charge is -1.99. The summed E-state index contributed by atoms with van der Waals surface area (Å²) >= 11 is 0. The molecule has 0 aromatic carbocycles. The largest absolute Gasteiger partial charge is 0.467 e. The molecule has 0 bridgehead atoms. The number of carbonyl (C=O) groups is 1. The average Bonchev–Trinajstić information content (AvgIpc) is 2.81. The molecule has 0 aliphatic heterocycles. The molecular formula is C12H17NO3. The third-order valence-corrected chi connectivity index (χ3v) is 3.06. The number of methoxy groups -OCH3 is 1. The molecule has 1 heterocycles. The molecule has 2 rings (SSSR count). The first-order valence-electron chi connectivity index (χ1n) is 5.57. The molecule has 0 amide bonds. The van der Waals surface area contributed by atoms with Gasteiger partial charge in [0.05, 0.1) is 19.2 Å². The number of nitrogens with one attached hydrogen (secondary N) is 1. The lowest BCUT2D eigenvalue weighted by atomic mass is 10.3. The topological polar surface area (TPSA) is 51.5 Å². The van der Waals surface area contributed by atoms with Gasteiger partial charge < -0.3 is 14.5 Å². The Morgan fingerprint density at radius 2 is 2.44 bits per heavy atom. The average molecular weight is 223 g/mol. The summed E-state index contributed by atoms with van der Waals surface area (Å²) in [5.74, 6) is 2.09. The van der Waals surface area contributed by atoms with Crippen LogP contribution in [0, 0.1) is 11.8 Å². The van der Waals surface area contributed by atoms with Crippen LogP contribution in [-0.2, 0) is 11.3 Å². The molecule has 0 saturated heterocycles. The lowest BCUT2D eigenvalue weighted by molar-refractivity contribution is 0.0600. The van der Waals surface area contributed by atoms with Gasteiger partial charge in [-0.15, -0.1) is 0 Å². The van der Waals surface area contributed by atoms with Crippen molar-refractivity contribution in [3.8, 4) is 0 Å². The van der Waals surface area contributed by atoms with Gasteiger partial charge in [-0.25, -0.2) is 4.79 Å². The highest BCUT2D eigenvalue weighted by Crippen LogP contribution is 2.36. The summed E-state index contributed by atoms with van der Waals surface area (Å²) in [6.45, 7) is 3.95. The molecule has 88 valence electrons. The third kappa shape index (κ3) is 2.64. The van der Waals surface area contributed by atoms with Crippen molar-refractivity contribution in [3.05, 3.63) is 23.7 Å². The fourth-order valence-electron chi connectivity index (χ4n) is 1.76. The molecule has 4 nitrogen and oxygen atoms in total. The number of furan rings is 1. The van der Waals surface area contributed by atoms with E-state index in [4.69, 9.17) is 4.42 Å². The van der Waals surface area contributed by atoms with Gasteiger partial charge in [0.25, 0.3) is 0 Å². The summed E-state index contributed by atoms with van der Waals surface area (Å²) < 4.78 is 9.85. The van der Waals surface area contributed by atoms with Crippen LogP contribution >= 0.6 is 0 Å². The van der Waals surface area contributed by atoms with E-state index in [2.05, 4.69) is 17.0 Å². The van der Waals surface area contributed by atoms with Gasteiger partial charge in [-0.3, -0.25) is 0 Å². The molecule has 0 spiro atoms. The third-order valence-electron chi connectivity index (χ3n) is 3.06. The van der Waals surface area contributed by atoms with Crippen molar-refractivity contribution in [2.75, 3.05) is 13.7 Å². The Morgan fingerprint density at radius 1 is 1.69 bits per heavy atom. The smallest absolute Gasteiger partial charge is 0.341 e. The number of rotatable bonds is 5. The van der Waals surface area contributed by atoms with Crippen LogP contribution in [0.3, 0.4) is 0 Å². The standard InChI is InChI=1S/C12H17NO3/c1-8-3-9(8)5-13-6-11-4-10(7-16-11)12(14)15-2/h4,7-9,13H,3,5-6H2,1-2H3. The maximum absolute atomic E-state index is 11.2. The van der Waals surface area contributed by atoms with E-state index in [-0.39, 0.29) is 5.97 Å². The second-order valence-electron chi connectivity index (χ2n) is 4.40. The minimum absolute atomic E-state index is 0.356. The Balaban J connectivity index is 1.76. The van der Waals surface area contributed by atoms with E-state index in [1.54, 1.807) is 6.07 Å². The van der Waals surface area contributed by atoms with Gasteiger partial charge in [-0.2, -0.15) is 0 Å². The van der Waals surface area contributed by atoms with Crippen LogP contribution in [0.4, 0.5) is 0 Å². The first-order chi connectivity index (χ1) is 7.70. The van der Waals surface area contributed by atoms with Crippen molar-refractivity contribution < 1.29 is 13.9 Å². The Labute approximate surface area is 95.0 Å². The normalized spacial score (nSPS) is 23.1. The maximum atomic E-state index is 11.2. The fourth-order valence-corrected chi connectivity index (χ4v) is 1.76. The van der Waals surface area contributed by atoms with Gasteiger partial charge in [0.15, 0.2) is 0 Å². The van der Waals surface area contributed by atoms with Crippen molar-refractivity contribution in [2.45, 2.75) is 19.9 Å². The van der Waals surface area contributed by atoms with E-state index in [9.17, 15) is 4.79 Å². The number of hydrogen-bond donors (Lipinski definition) is 1. The molecule has 1 saturated carbocycles. The minimum atomic E-state index is -0.356. The molecular weight excluding hydrogens is 206 g/mol. The molecule has 4 heteroatoms. The van der Waals surface area contributed by atoms with Crippen LogP contribution in [0.2, 0.25) is 0 Å². The van der Waals surface area contributed by atoms with Crippen LogP contribution in [-0.4, -0.2) is 19.6 Å². The fraction of sp³-hybridized carbons (Fsp3) is 0.583. The van der Waals surface area contributed by atoms with E-state index < -0.39 is 0 Å². The molecule has 1 aromatic heterocycles. The summed E-state index contributed by atoms with van der Waals surface area (Å²) in [5, 5.41) is 3.32. The van der Waals surface area contributed by atoms with E-state index in [0.29, 0.717) is 12.1 Å². The molecule has 0 radical (unpaired) electrons. The molecule has 16 heavy (non-hydrogen) atoms. The second kappa shape index (κ2) is 4.70. The van der Waals surface area contributed by atoms with Crippen LogP contribution in [0.5, 0.6) is 0 Å². The second-order valence-corrected chi connectivity index (χ2v) is 4.40. The predicted octanol–water partition coefficient (Wildman–Crippen LogP) is 1.81. The molecule has 2 unspecified atom stereocenters. The molecule has 1 aliphatic carbocycles. The summed E-state index contributed by atoms with van der Waals surface area (Å²) in [5.41, 5.74) is 0.471. The number of ether oxygens (including phenoxy) is 1. The predicted molar refractivity (Wildman–Crippen MR) is 59.0 cm³/mol. The van der Waals surface area contributed by atoms with Crippen molar-refractivity contribution in [3.63, 3.8) is 0 Å².